The van der Waals surface area contributed by atoms with Crippen molar-refractivity contribution in [3.63, 3.8) is 0 Å². The van der Waals surface area contributed by atoms with E-state index in [1.165, 1.54) is 31.7 Å². The van der Waals surface area contributed by atoms with E-state index < -0.39 is 0 Å². The molecule has 1 unspecified atom stereocenters. The Kier molecular flexibility index (Phi) is 4.79. The van der Waals surface area contributed by atoms with Crippen LogP contribution >= 0.6 is 12.2 Å². The molecule has 5 nitrogen and oxygen atoms in total. The summed E-state index contributed by atoms with van der Waals surface area (Å²) < 4.78 is 0. The molecule has 0 saturated heterocycles. The van der Waals surface area contributed by atoms with Gasteiger partial charge in [0.2, 0.25) is 0 Å². The third-order valence-electron chi connectivity index (χ3n) is 3.56. The fourth-order valence-electron chi connectivity index (χ4n) is 2.54. The molecule has 0 radical (unpaired) electrons. The number of rotatable bonds is 4. The highest BCUT2D eigenvalue weighted by molar-refractivity contribution is 7.80. The molecule has 0 aromatic carbocycles. The van der Waals surface area contributed by atoms with Crippen LogP contribution in [0.4, 0.5) is 0 Å². The molecule has 1 aliphatic carbocycles. The SMILES string of the molecule is NC(=S)C(NC(=O)c1ccnnc1)C1CCCCC1. The number of carbonyl (C=O) groups is 1. The largest absolute Gasteiger partial charge is 0.392 e. The summed E-state index contributed by atoms with van der Waals surface area (Å²) in [6, 6.07) is 1.40. The molecule has 0 aliphatic heterocycles. The van der Waals surface area contributed by atoms with E-state index in [0.29, 0.717) is 16.5 Å². The number of nitrogens with two attached hydrogens (primary N) is 1. The second kappa shape index (κ2) is 6.56. The molecular formula is C13H18N4OS. The van der Waals surface area contributed by atoms with Crippen LogP contribution < -0.4 is 11.1 Å². The van der Waals surface area contributed by atoms with Gasteiger partial charge < -0.3 is 11.1 Å². The van der Waals surface area contributed by atoms with Crippen molar-refractivity contribution in [2.75, 3.05) is 0 Å². The van der Waals surface area contributed by atoms with Crippen LogP contribution in [0.5, 0.6) is 0 Å². The number of nitrogens with zero attached hydrogens (tertiary/aromatic N) is 2. The van der Waals surface area contributed by atoms with E-state index in [1.54, 1.807) is 6.07 Å². The van der Waals surface area contributed by atoms with Crippen molar-refractivity contribution in [2.24, 2.45) is 11.7 Å². The number of thiocarbonyl (C=S) groups is 1. The van der Waals surface area contributed by atoms with E-state index in [2.05, 4.69) is 15.5 Å². The van der Waals surface area contributed by atoms with Gasteiger partial charge in [-0.05, 0) is 24.8 Å². The summed E-state index contributed by atoms with van der Waals surface area (Å²) in [4.78, 5) is 12.5. The Labute approximate surface area is 118 Å². The highest BCUT2D eigenvalue weighted by Crippen LogP contribution is 2.26. The topological polar surface area (TPSA) is 80.9 Å². The van der Waals surface area contributed by atoms with Crippen molar-refractivity contribution in [3.8, 4) is 0 Å². The minimum atomic E-state index is -0.226. The van der Waals surface area contributed by atoms with Gasteiger partial charge >= 0.3 is 0 Å². The van der Waals surface area contributed by atoms with Crippen molar-refractivity contribution in [1.29, 1.82) is 0 Å². The highest BCUT2D eigenvalue weighted by atomic mass is 32.1. The molecule has 1 amide bonds. The van der Waals surface area contributed by atoms with Crippen molar-refractivity contribution in [3.05, 3.63) is 24.0 Å². The molecule has 6 heteroatoms. The third kappa shape index (κ3) is 3.70. The van der Waals surface area contributed by atoms with Gasteiger partial charge in [0.1, 0.15) is 0 Å². The van der Waals surface area contributed by atoms with Crippen LogP contribution in [0.15, 0.2) is 18.5 Å². The normalized spacial score (nSPS) is 17.7. The zero-order valence-electron chi connectivity index (χ0n) is 10.7. The zero-order chi connectivity index (χ0) is 13.7. The molecule has 19 heavy (non-hydrogen) atoms. The van der Waals surface area contributed by atoms with Crippen LogP contribution in [0.25, 0.3) is 0 Å². The lowest BCUT2D eigenvalue weighted by Gasteiger charge is -2.30. The summed E-state index contributed by atoms with van der Waals surface area (Å²) in [7, 11) is 0. The van der Waals surface area contributed by atoms with Gasteiger partial charge in [-0.2, -0.15) is 10.2 Å². The summed E-state index contributed by atoms with van der Waals surface area (Å²) in [5.41, 5.74) is 6.26. The van der Waals surface area contributed by atoms with Crippen molar-refractivity contribution in [1.82, 2.24) is 15.5 Å². The number of hydrogen-bond acceptors (Lipinski definition) is 4. The Hall–Kier alpha value is -1.56. The van der Waals surface area contributed by atoms with Crippen molar-refractivity contribution >= 4 is 23.1 Å². The maximum absolute atomic E-state index is 12.1. The van der Waals surface area contributed by atoms with Gasteiger partial charge in [-0.1, -0.05) is 31.5 Å². The lowest BCUT2D eigenvalue weighted by Crippen LogP contribution is -2.48. The molecule has 0 bridgehead atoms. The minimum Gasteiger partial charge on any atom is -0.392 e. The molecule has 1 atom stereocenters. The van der Waals surface area contributed by atoms with E-state index in [-0.39, 0.29) is 11.9 Å². The maximum atomic E-state index is 12.1. The molecule has 1 heterocycles. The number of hydrogen-bond donors (Lipinski definition) is 2. The summed E-state index contributed by atoms with van der Waals surface area (Å²) in [6.45, 7) is 0. The van der Waals surface area contributed by atoms with Crippen LogP contribution in [-0.2, 0) is 0 Å². The zero-order valence-corrected chi connectivity index (χ0v) is 11.5. The molecular weight excluding hydrogens is 260 g/mol. The van der Waals surface area contributed by atoms with Gasteiger partial charge in [0.05, 0.1) is 29.0 Å². The van der Waals surface area contributed by atoms with E-state index in [4.69, 9.17) is 18.0 Å². The lowest BCUT2D eigenvalue weighted by molar-refractivity contribution is 0.0931. The summed E-state index contributed by atoms with van der Waals surface area (Å²) in [5, 5.41) is 10.3. The highest BCUT2D eigenvalue weighted by Gasteiger charge is 2.27. The van der Waals surface area contributed by atoms with Gasteiger partial charge in [-0.15, -0.1) is 0 Å². The Morgan fingerprint density at radius 2 is 2.11 bits per heavy atom. The molecule has 2 rings (SSSR count). The van der Waals surface area contributed by atoms with E-state index >= 15 is 0 Å². The average molecular weight is 278 g/mol. The number of carbonyl (C=O) groups excluding carboxylic acids is 1. The van der Waals surface area contributed by atoms with Gasteiger partial charge in [0, 0.05) is 0 Å². The smallest absolute Gasteiger partial charge is 0.253 e. The number of aromatic nitrogens is 2. The first-order valence-corrected chi connectivity index (χ1v) is 6.96. The molecule has 1 aromatic heterocycles. The van der Waals surface area contributed by atoms with Gasteiger partial charge in [0.25, 0.3) is 5.91 Å². The Bertz CT molecular complexity index is 445. The van der Waals surface area contributed by atoms with Crippen molar-refractivity contribution in [2.45, 2.75) is 38.1 Å². The van der Waals surface area contributed by atoms with E-state index in [9.17, 15) is 4.79 Å². The molecule has 1 fully saturated rings. The Morgan fingerprint density at radius 3 is 2.68 bits per heavy atom. The molecule has 0 spiro atoms. The Morgan fingerprint density at radius 1 is 1.37 bits per heavy atom. The first kappa shape index (κ1) is 13.9. The molecule has 3 N–H and O–H groups in total. The standard InChI is InChI=1S/C13H18N4OS/c14-12(19)11(9-4-2-1-3-5-9)17-13(18)10-6-7-15-16-8-10/h6-9,11H,1-5H2,(H2,14,19)(H,17,18). The van der Waals surface area contributed by atoms with Gasteiger partial charge in [0.15, 0.2) is 0 Å². The van der Waals surface area contributed by atoms with Crippen molar-refractivity contribution < 1.29 is 4.79 Å². The monoisotopic (exact) mass is 278 g/mol. The fourth-order valence-corrected chi connectivity index (χ4v) is 2.79. The Balaban J connectivity index is 2.04. The lowest BCUT2D eigenvalue weighted by atomic mass is 9.83. The summed E-state index contributed by atoms with van der Waals surface area (Å²) in [5.74, 6) is 0.156. The van der Waals surface area contributed by atoms with E-state index in [0.717, 1.165) is 12.8 Å². The molecule has 1 aliphatic rings. The molecule has 1 aromatic rings. The van der Waals surface area contributed by atoms with Crippen LogP contribution in [0.2, 0.25) is 0 Å². The van der Waals surface area contributed by atoms with Crippen LogP contribution in [0.1, 0.15) is 42.5 Å². The fraction of sp³-hybridized carbons (Fsp3) is 0.538. The second-order valence-corrected chi connectivity index (χ2v) is 5.35. The summed E-state index contributed by atoms with van der Waals surface area (Å²) >= 11 is 5.10. The average Bonchev–Trinajstić information content (AvgIpc) is 2.46. The van der Waals surface area contributed by atoms with Crippen LogP contribution in [0, 0.1) is 5.92 Å². The quantitative estimate of drug-likeness (QED) is 0.815. The predicted molar refractivity (Wildman–Crippen MR) is 76.6 cm³/mol. The first-order chi connectivity index (χ1) is 9.18. The molecule has 102 valence electrons. The maximum Gasteiger partial charge on any atom is 0.253 e. The van der Waals surface area contributed by atoms with Crippen LogP contribution in [0.3, 0.4) is 0 Å². The predicted octanol–water partition coefficient (Wildman–Crippen LogP) is 1.44. The summed E-state index contributed by atoms with van der Waals surface area (Å²) in [6.07, 6.45) is 8.67. The minimum absolute atomic E-state index is 0.196. The number of amides is 1. The van der Waals surface area contributed by atoms with E-state index in [1.807, 2.05) is 0 Å². The van der Waals surface area contributed by atoms with Gasteiger partial charge in [-0.3, -0.25) is 4.79 Å². The van der Waals surface area contributed by atoms with Crippen LogP contribution in [-0.4, -0.2) is 27.1 Å². The van der Waals surface area contributed by atoms with Gasteiger partial charge in [-0.25, -0.2) is 0 Å². The number of nitrogens with one attached hydrogen (secondary N) is 1. The third-order valence-corrected chi connectivity index (χ3v) is 3.81. The first-order valence-electron chi connectivity index (χ1n) is 6.55. The molecule has 1 saturated carbocycles. The second-order valence-electron chi connectivity index (χ2n) is 4.88.